The Labute approximate surface area is 196 Å². The molecule has 5 atom stereocenters. The second kappa shape index (κ2) is 11.7. The molecule has 3 aromatic carbocycles. The summed E-state index contributed by atoms with van der Waals surface area (Å²) in [5.74, 6) is 0.233. The summed E-state index contributed by atoms with van der Waals surface area (Å²) in [6.45, 7) is 5.52. The topological polar surface area (TPSA) is 27.7 Å². The fourth-order valence-corrected chi connectivity index (χ4v) is 5.34. The zero-order chi connectivity index (χ0) is 22.2. The molecule has 0 N–H and O–H groups in total. The Morgan fingerprint density at radius 1 is 0.719 bits per heavy atom. The van der Waals surface area contributed by atoms with Crippen LogP contribution in [0.25, 0.3) is 0 Å². The summed E-state index contributed by atoms with van der Waals surface area (Å²) >= 11 is 1.73. The molecule has 1 heterocycles. The predicted molar refractivity (Wildman–Crippen MR) is 130 cm³/mol. The van der Waals surface area contributed by atoms with Gasteiger partial charge in [0.15, 0.2) is 0 Å². The van der Waals surface area contributed by atoms with Gasteiger partial charge >= 0.3 is 0 Å². The van der Waals surface area contributed by atoms with E-state index in [-0.39, 0.29) is 29.7 Å². The molecule has 0 aromatic heterocycles. The number of rotatable bonds is 9. The van der Waals surface area contributed by atoms with Crippen molar-refractivity contribution in [3.05, 3.63) is 102 Å². The minimum absolute atomic E-state index is 0.0566. The lowest BCUT2D eigenvalue weighted by molar-refractivity contribution is -0.208. The van der Waals surface area contributed by atoms with Gasteiger partial charge in [-0.25, -0.2) is 0 Å². The molecule has 32 heavy (non-hydrogen) atoms. The lowest BCUT2D eigenvalue weighted by Crippen LogP contribution is -2.54. The highest BCUT2D eigenvalue weighted by atomic mass is 32.2. The van der Waals surface area contributed by atoms with Crippen LogP contribution in [0.15, 0.2) is 95.9 Å². The van der Waals surface area contributed by atoms with E-state index < -0.39 is 0 Å². The molecule has 0 spiro atoms. The second-order valence-electron chi connectivity index (χ2n) is 8.26. The Morgan fingerprint density at radius 2 is 1.22 bits per heavy atom. The first-order valence-corrected chi connectivity index (χ1v) is 12.3. The Balaban J connectivity index is 1.56. The largest absolute Gasteiger partial charge is 0.370 e. The van der Waals surface area contributed by atoms with Crippen molar-refractivity contribution >= 4 is 11.8 Å². The number of hydrogen-bond donors (Lipinski definition) is 0. The Morgan fingerprint density at radius 3 is 1.75 bits per heavy atom. The molecule has 3 aromatic rings. The SMILES string of the molecule is CCC1O[C@@H](Sc2ccccc2)C(OCc2ccccc2)[C@@H](OCc2ccccc2)[C@H]1C. The van der Waals surface area contributed by atoms with Crippen molar-refractivity contribution in [2.24, 2.45) is 5.92 Å². The van der Waals surface area contributed by atoms with E-state index in [9.17, 15) is 0 Å². The van der Waals surface area contributed by atoms with Crippen molar-refractivity contribution in [2.75, 3.05) is 0 Å². The van der Waals surface area contributed by atoms with E-state index in [1.165, 1.54) is 10.5 Å². The first-order chi connectivity index (χ1) is 15.7. The molecule has 2 unspecified atom stereocenters. The van der Waals surface area contributed by atoms with Crippen LogP contribution in [0.5, 0.6) is 0 Å². The van der Waals surface area contributed by atoms with Crippen LogP contribution in [0.3, 0.4) is 0 Å². The minimum Gasteiger partial charge on any atom is -0.370 e. The quantitative estimate of drug-likeness (QED) is 0.363. The van der Waals surface area contributed by atoms with Gasteiger partial charge in [0.05, 0.1) is 25.4 Å². The Kier molecular flexibility index (Phi) is 8.41. The molecular formula is C28H32O3S. The average molecular weight is 449 g/mol. The van der Waals surface area contributed by atoms with E-state index in [1.54, 1.807) is 11.8 Å². The first kappa shape index (κ1) is 23.1. The summed E-state index contributed by atoms with van der Waals surface area (Å²) in [6, 6.07) is 31.1. The number of ether oxygens (including phenoxy) is 3. The fraction of sp³-hybridized carbons (Fsp3) is 0.357. The minimum atomic E-state index is -0.179. The summed E-state index contributed by atoms with van der Waals surface area (Å²) < 4.78 is 19.7. The highest BCUT2D eigenvalue weighted by Crippen LogP contribution is 2.39. The molecule has 1 fully saturated rings. The van der Waals surface area contributed by atoms with E-state index in [0.717, 1.165) is 12.0 Å². The van der Waals surface area contributed by atoms with Gasteiger partial charge in [-0.1, -0.05) is 104 Å². The van der Waals surface area contributed by atoms with Gasteiger partial charge in [0, 0.05) is 10.8 Å². The summed E-state index contributed by atoms with van der Waals surface area (Å²) in [6.07, 6.45) is 0.846. The molecule has 168 valence electrons. The summed E-state index contributed by atoms with van der Waals surface area (Å²) in [5, 5.41) is 0. The highest BCUT2D eigenvalue weighted by Gasteiger charge is 2.45. The van der Waals surface area contributed by atoms with Crippen LogP contribution in [0.1, 0.15) is 31.4 Å². The standard InChI is InChI=1S/C28H32O3S/c1-3-25-21(2)26(29-19-22-13-7-4-8-14-22)27(30-20-23-15-9-5-10-16-23)28(31-25)32-24-17-11-6-12-18-24/h4-18,21,25-28H,3,19-20H2,1-2H3/t21-,25?,26-,27?,28-/m0/s1. The number of hydrogen-bond acceptors (Lipinski definition) is 4. The second-order valence-corrected chi connectivity index (χ2v) is 9.44. The monoisotopic (exact) mass is 448 g/mol. The van der Waals surface area contributed by atoms with Gasteiger partial charge in [0.25, 0.3) is 0 Å². The van der Waals surface area contributed by atoms with E-state index in [1.807, 2.05) is 30.3 Å². The lowest BCUT2D eigenvalue weighted by atomic mass is 9.89. The highest BCUT2D eigenvalue weighted by molar-refractivity contribution is 7.99. The van der Waals surface area contributed by atoms with Gasteiger partial charge in [-0.3, -0.25) is 0 Å². The number of thioether (sulfide) groups is 1. The zero-order valence-electron chi connectivity index (χ0n) is 18.8. The van der Waals surface area contributed by atoms with E-state index >= 15 is 0 Å². The van der Waals surface area contributed by atoms with Crippen LogP contribution >= 0.6 is 11.8 Å². The van der Waals surface area contributed by atoms with Gasteiger partial charge in [-0.15, -0.1) is 0 Å². The van der Waals surface area contributed by atoms with Crippen LogP contribution in [0.4, 0.5) is 0 Å². The van der Waals surface area contributed by atoms with Crippen molar-refractivity contribution in [2.45, 2.75) is 62.1 Å². The fourth-order valence-electron chi connectivity index (χ4n) is 4.19. The number of benzene rings is 3. The molecule has 1 aliphatic heterocycles. The predicted octanol–water partition coefficient (Wildman–Crippen LogP) is 6.72. The molecule has 0 aliphatic carbocycles. The Hall–Kier alpha value is -2.11. The first-order valence-electron chi connectivity index (χ1n) is 11.4. The molecule has 0 amide bonds. The van der Waals surface area contributed by atoms with Crippen LogP contribution in [0, 0.1) is 5.92 Å². The maximum Gasteiger partial charge on any atom is 0.136 e. The summed E-state index contributed by atoms with van der Waals surface area (Å²) in [5.41, 5.74) is 2.19. The lowest BCUT2D eigenvalue weighted by Gasteiger charge is -2.45. The van der Waals surface area contributed by atoms with Crippen LogP contribution in [-0.4, -0.2) is 23.7 Å². The van der Waals surface area contributed by atoms with Crippen molar-refractivity contribution < 1.29 is 14.2 Å². The molecule has 4 rings (SSSR count). The van der Waals surface area contributed by atoms with E-state index in [2.05, 4.69) is 74.5 Å². The summed E-state index contributed by atoms with van der Waals surface area (Å²) in [7, 11) is 0. The van der Waals surface area contributed by atoms with Gasteiger partial charge in [0.1, 0.15) is 11.5 Å². The Bertz CT molecular complexity index is 919. The van der Waals surface area contributed by atoms with Gasteiger partial charge in [0.2, 0.25) is 0 Å². The molecular weight excluding hydrogens is 416 g/mol. The normalized spacial score (nSPS) is 25.5. The molecule has 0 bridgehead atoms. The third-order valence-electron chi connectivity index (χ3n) is 5.97. The maximum absolute atomic E-state index is 6.59. The smallest absolute Gasteiger partial charge is 0.136 e. The molecule has 0 radical (unpaired) electrons. The van der Waals surface area contributed by atoms with Gasteiger partial charge in [-0.05, 0) is 29.7 Å². The third-order valence-corrected chi connectivity index (χ3v) is 7.13. The molecule has 1 aliphatic rings. The maximum atomic E-state index is 6.59. The van der Waals surface area contributed by atoms with Crippen LogP contribution in [-0.2, 0) is 27.4 Å². The summed E-state index contributed by atoms with van der Waals surface area (Å²) in [4.78, 5) is 1.18. The zero-order valence-corrected chi connectivity index (χ0v) is 19.6. The molecule has 1 saturated heterocycles. The van der Waals surface area contributed by atoms with Gasteiger partial charge < -0.3 is 14.2 Å². The van der Waals surface area contributed by atoms with Crippen molar-refractivity contribution in [1.82, 2.24) is 0 Å². The molecule has 4 heteroatoms. The van der Waals surface area contributed by atoms with E-state index in [0.29, 0.717) is 13.2 Å². The van der Waals surface area contributed by atoms with Crippen molar-refractivity contribution in [1.29, 1.82) is 0 Å². The van der Waals surface area contributed by atoms with Crippen LogP contribution < -0.4 is 0 Å². The average Bonchev–Trinajstić information content (AvgIpc) is 2.85. The van der Waals surface area contributed by atoms with Gasteiger partial charge in [-0.2, -0.15) is 0 Å². The molecule has 3 nitrogen and oxygen atoms in total. The third kappa shape index (κ3) is 6.02. The van der Waals surface area contributed by atoms with Crippen LogP contribution in [0.2, 0.25) is 0 Å². The van der Waals surface area contributed by atoms with Crippen molar-refractivity contribution in [3.8, 4) is 0 Å². The molecule has 0 saturated carbocycles. The van der Waals surface area contributed by atoms with E-state index in [4.69, 9.17) is 14.2 Å². The van der Waals surface area contributed by atoms with Crippen molar-refractivity contribution in [3.63, 3.8) is 0 Å².